The summed E-state index contributed by atoms with van der Waals surface area (Å²) in [7, 11) is 3.04. The van der Waals surface area contributed by atoms with Crippen molar-refractivity contribution in [2.45, 2.75) is 6.23 Å². The first kappa shape index (κ1) is 21.1. The number of amides is 1. The van der Waals surface area contributed by atoms with Gasteiger partial charge in [0.2, 0.25) is 5.82 Å². The summed E-state index contributed by atoms with van der Waals surface area (Å²) in [4.78, 5) is 36.2. The summed E-state index contributed by atoms with van der Waals surface area (Å²) in [5.41, 5.74) is 6.08. The molecule has 2 heterocycles. The Kier molecular flexibility index (Phi) is 5.86. The van der Waals surface area contributed by atoms with E-state index in [1.165, 1.54) is 14.2 Å². The van der Waals surface area contributed by atoms with Crippen molar-refractivity contribution < 1.29 is 19.0 Å². The molecule has 10 nitrogen and oxygen atoms in total. The Balaban J connectivity index is 1.58. The van der Waals surface area contributed by atoms with E-state index in [0.717, 1.165) is 0 Å². The summed E-state index contributed by atoms with van der Waals surface area (Å²) in [6, 6.07) is 14.0. The van der Waals surface area contributed by atoms with Gasteiger partial charge in [-0.3, -0.25) is 15.3 Å². The Labute approximate surface area is 182 Å². The zero-order valence-corrected chi connectivity index (χ0v) is 17.4. The lowest BCUT2D eigenvalue weighted by molar-refractivity contribution is 0.0918. The molecule has 2 aromatic heterocycles. The van der Waals surface area contributed by atoms with Crippen LogP contribution in [0.15, 0.2) is 53.3 Å². The minimum absolute atomic E-state index is 0.0115. The molecule has 4 aromatic rings. The number of fused-ring (bicyclic) bond motifs is 2. The van der Waals surface area contributed by atoms with E-state index >= 15 is 0 Å². The number of ether oxygens (including phenoxy) is 3. The Morgan fingerprint density at radius 3 is 2.53 bits per heavy atom. The van der Waals surface area contributed by atoms with Crippen molar-refractivity contribution in [1.29, 1.82) is 0 Å². The van der Waals surface area contributed by atoms with Gasteiger partial charge in [-0.05, 0) is 24.3 Å². The maximum absolute atomic E-state index is 12.6. The topological polar surface area (TPSA) is 141 Å². The van der Waals surface area contributed by atoms with E-state index in [1.807, 2.05) is 18.2 Å². The van der Waals surface area contributed by atoms with Gasteiger partial charge in [-0.15, -0.1) is 0 Å². The SMILES string of the molecule is COc1cc2cc3c(=O)[nH]c(C(=O)NCC(N)Oc4ccccc4)nc3nc2cc1OC. The quantitative estimate of drug-likeness (QED) is 0.293. The fourth-order valence-corrected chi connectivity index (χ4v) is 3.15. The number of nitrogens with one attached hydrogen (secondary N) is 2. The first-order valence-corrected chi connectivity index (χ1v) is 9.71. The number of pyridine rings is 1. The molecule has 4 N–H and O–H groups in total. The molecule has 10 heteroatoms. The van der Waals surface area contributed by atoms with Crippen LogP contribution in [0.4, 0.5) is 0 Å². The number of nitrogens with two attached hydrogens (primary N) is 1. The number of carbonyl (C=O) groups is 1. The van der Waals surface area contributed by atoms with Crippen LogP contribution in [0.25, 0.3) is 21.9 Å². The number of carbonyl (C=O) groups excluding carboxylic acids is 1. The van der Waals surface area contributed by atoms with Gasteiger partial charge in [-0.2, -0.15) is 0 Å². The van der Waals surface area contributed by atoms with Gasteiger partial charge < -0.3 is 24.5 Å². The number of rotatable bonds is 7. The number of hydrogen-bond acceptors (Lipinski definition) is 8. The van der Waals surface area contributed by atoms with Gasteiger partial charge in [0.05, 0.1) is 31.7 Å². The number of para-hydroxylation sites is 1. The highest BCUT2D eigenvalue weighted by Crippen LogP contribution is 2.32. The van der Waals surface area contributed by atoms with Gasteiger partial charge in [0, 0.05) is 11.5 Å². The summed E-state index contributed by atoms with van der Waals surface area (Å²) in [5, 5.41) is 3.51. The van der Waals surface area contributed by atoms with E-state index in [4.69, 9.17) is 19.9 Å². The summed E-state index contributed by atoms with van der Waals surface area (Å²) < 4.78 is 16.1. The summed E-state index contributed by atoms with van der Waals surface area (Å²) in [6.07, 6.45) is -0.780. The van der Waals surface area contributed by atoms with Gasteiger partial charge in [0.25, 0.3) is 11.5 Å². The molecule has 0 radical (unpaired) electrons. The van der Waals surface area contributed by atoms with Crippen molar-refractivity contribution in [3.05, 3.63) is 64.7 Å². The smallest absolute Gasteiger partial charge is 0.287 e. The molecule has 1 atom stereocenters. The molecule has 2 aromatic carbocycles. The van der Waals surface area contributed by atoms with Crippen molar-refractivity contribution in [2.24, 2.45) is 5.73 Å². The highest BCUT2D eigenvalue weighted by atomic mass is 16.5. The average Bonchev–Trinajstić information content (AvgIpc) is 2.81. The van der Waals surface area contributed by atoms with Crippen LogP contribution in [0.3, 0.4) is 0 Å². The highest BCUT2D eigenvalue weighted by Gasteiger charge is 2.16. The fourth-order valence-electron chi connectivity index (χ4n) is 3.15. The number of nitrogens with zero attached hydrogens (tertiary/aromatic N) is 2. The van der Waals surface area contributed by atoms with E-state index in [1.54, 1.807) is 30.3 Å². The normalized spacial score (nSPS) is 11.8. The molecule has 0 saturated carbocycles. The summed E-state index contributed by atoms with van der Waals surface area (Å²) >= 11 is 0. The van der Waals surface area contributed by atoms with Crippen LogP contribution in [-0.4, -0.2) is 47.9 Å². The van der Waals surface area contributed by atoms with Crippen LogP contribution in [0, 0.1) is 0 Å². The first-order chi connectivity index (χ1) is 15.5. The molecule has 0 aliphatic rings. The molecule has 164 valence electrons. The molecule has 0 aliphatic heterocycles. The van der Waals surface area contributed by atoms with Crippen LogP contribution < -0.4 is 30.8 Å². The number of H-pyrrole nitrogens is 1. The zero-order chi connectivity index (χ0) is 22.7. The first-order valence-electron chi connectivity index (χ1n) is 9.71. The Bertz CT molecular complexity index is 1340. The van der Waals surface area contributed by atoms with E-state index in [-0.39, 0.29) is 23.4 Å². The second-order valence-corrected chi connectivity index (χ2v) is 6.85. The third kappa shape index (κ3) is 4.30. The summed E-state index contributed by atoms with van der Waals surface area (Å²) in [6.45, 7) is 0.0115. The number of methoxy groups -OCH3 is 2. The van der Waals surface area contributed by atoms with Crippen LogP contribution in [0.1, 0.15) is 10.6 Å². The lowest BCUT2D eigenvalue weighted by atomic mass is 10.1. The Morgan fingerprint density at radius 2 is 1.81 bits per heavy atom. The second kappa shape index (κ2) is 8.90. The van der Waals surface area contributed by atoms with Crippen molar-refractivity contribution in [1.82, 2.24) is 20.3 Å². The zero-order valence-electron chi connectivity index (χ0n) is 17.4. The Morgan fingerprint density at radius 1 is 1.09 bits per heavy atom. The van der Waals surface area contributed by atoms with Crippen LogP contribution in [0.2, 0.25) is 0 Å². The van der Waals surface area contributed by atoms with E-state index in [9.17, 15) is 9.59 Å². The van der Waals surface area contributed by atoms with Crippen LogP contribution >= 0.6 is 0 Å². The van der Waals surface area contributed by atoms with Crippen molar-refractivity contribution in [2.75, 3.05) is 20.8 Å². The highest BCUT2D eigenvalue weighted by molar-refractivity contribution is 5.95. The molecule has 32 heavy (non-hydrogen) atoms. The third-order valence-corrected chi connectivity index (χ3v) is 4.70. The van der Waals surface area contributed by atoms with Gasteiger partial charge in [-0.25, -0.2) is 9.97 Å². The van der Waals surface area contributed by atoms with Gasteiger partial charge in [0.15, 0.2) is 23.4 Å². The van der Waals surface area contributed by atoms with E-state index < -0.39 is 17.7 Å². The predicted molar refractivity (Wildman–Crippen MR) is 118 cm³/mol. The average molecular weight is 435 g/mol. The molecule has 1 unspecified atom stereocenters. The molecule has 1 amide bonds. The second-order valence-electron chi connectivity index (χ2n) is 6.85. The van der Waals surface area contributed by atoms with Crippen LogP contribution in [-0.2, 0) is 0 Å². The van der Waals surface area contributed by atoms with Gasteiger partial charge in [0.1, 0.15) is 5.75 Å². The predicted octanol–water partition coefficient (Wildman–Crippen LogP) is 1.58. The number of hydrogen-bond donors (Lipinski definition) is 3. The van der Waals surface area contributed by atoms with Gasteiger partial charge >= 0.3 is 0 Å². The monoisotopic (exact) mass is 435 g/mol. The molecule has 0 fully saturated rings. The molecule has 4 rings (SSSR count). The fraction of sp³-hybridized carbons (Fsp3) is 0.182. The number of benzene rings is 2. The lowest BCUT2D eigenvalue weighted by Crippen LogP contribution is -2.41. The Hall–Kier alpha value is -4.18. The number of aromatic amines is 1. The maximum atomic E-state index is 12.6. The summed E-state index contributed by atoms with van der Waals surface area (Å²) in [5.74, 6) is 0.791. The molecule has 0 bridgehead atoms. The maximum Gasteiger partial charge on any atom is 0.287 e. The molecular weight excluding hydrogens is 414 g/mol. The van der Waals surface area contributed by atoms with E-state index in [2.05, 4.69) is 20.3 Å². The largest absolute Gasteiger partial charge is 0.493 e. The minimum atomic E-state index is -0.780. The molecule has 0 saturated heterocycles. The van der Waals surface area contributed by atoms with Crippen molar-refractivity contribution in [3.8, 4) is 17.2 Å². The van der Waals surface area contributed by atoms with Crippen molar-refractivity contribution in [3.63, 3.8) is 0 Å². The van der Waals surface area contributed by atoms with Crippen LogP contribution in [0.5, 0.6) is 17.2 Å². The lowest BCUT2D eigenvalue weighted by Gasteiger charge is -2.15. The standard InChI is InChI=1S/C22H21N5O5/c1-30-16-9-12-8-14-19(25-15(12)10-17(16)31-2)26-20(27-21(14)28)22(29)24-11-18(23)32-13-6-4-3-5-7-13/h3-10,18H,11,23H2,1-2H3,(H,24,29)(H,25,26,27,28). The van der Waals surface area contributed by atoms with Crippen molar-refractivity contribution >= 4 is 27.8 Å². The van der Waals surface area contributed by atoms with Gasteiger partial charge in [-0.1, -0.05) is 18.2 Å². The number of aromatic nitrogens is 3. The minimum Gasteiger partial charge on any atom is -0.493 e. The third-order valence-electron chi connectivity index (χ3n) is 4.70. The molecule has 0 aliphatic carbocycles. The molecule has 0 spiro atoms. The molecular formula is C22H21N5O5. The van der Waals surface area contributed by atoms with E-state index in [0.29, 0.717) is 28.2 Å².